The number of carboxylic acid groups (broad SMARTS) is 1. The van der Waals surface area contributed by atoms with E-state index in [0.29, 0.717) is 11.1 Å². The first-order chi connectivity index (χ1) is 9.01. The summed E-state index contributed by atoms with van der Waals surface area (Å²) in [6, 6.07) is 5.23. The zero-order valence-corrected chi connectivity index (χ0v) is 11.0. The molecule has 1 atom stereocenters. The molecule has 1 aromatic carbocycles. The lowest BCUT2D eigenvalue weighted by Gasteiger charge is -2.04. The lowest BCUT2D eigenvalue weighted by atomic mass is 10.1. The molecule has 0 saturated carbocycles. The number of hydrogen-bond acceptors (Lipinski definition) is 5. The average Bonchev–Trinajstić information content (AvgIpc) is 2.77. The average molecular weight is 280 g/mol. The number of carbonyl (C=O) groups excluding carboxylic acids is 1. The monoisotopic (exact) mass is 280 g/mol. The van der Waals surface area contributed by atoms with Crippen molar-refractivity contribution >= 4 is 40.5 Å². The summed E-state index contributed by atoms with van der Waals surface area (Å²) >= 11 is 3.59. The molecule has 2 N–H and O–H groups in total. The SMILES string of the molecule is CNc1ccc2nc(C(CC(=O)S)C(=O)O)oc2c1. The van der Waals surface area contributed by atoms with Crippen LogP contribution in [0.15, 0.2) is 22.6 Å². The lowest BCUT2D eigenvalue weighted by molar-refractivity contribution is -0.140. The number of aromatic nitrogens is 1. The largest absolute Gasteiger partial charge is 0.481 e. The van der Waals surface area contributed by atoms with E-state index in [1.165, 1.54) is 0 Å². The quantitative estimate of drug-likeness (QED) is 0.724. The molecule has 19 heavy (non-hydrogen) atoms. The van der Waals surface area contributed by atoms with Gasteiger partial charge in [0.1, 0.15) is 11.4 Å². The molecule has 0 aliphatic carbocycles. The van der Waals surface area contributed by atoms with E-state index in [2.05, 4.69) is 22.9 Å². The fourth-order valence-electron chi connectivity index (χ4n) is 1.70. The van der Waals surface area contributed by atoms with Crippen molar-refractivity contribution in [2.75, 3.05) is 12.4 Å². The van der Waals surface area contributed by atoms with Gasteiger partial charge in [0.25, 0.3) is 0 Å². The van der Waals surface area contributed by atoms with Crippen LogP contribution >= 0.6 is 12.6 Å². The third kappa shape index (κ3) is 2.87. The van der Waals surface area contributed by atoms with Crippen LogP contribution in [0.25, 0.3) is 11.1 Å². The van der Waals surface area contributed by atoms with Crippen LogP contribution in [0.3, 0.4) is 0 Å². The maximum absolute atomic E-state index is 11.1. The van der Waals surface area contributed by atoms with Gasteiger partial charge in [-0.2, -0.15) is 0 Å². The molecule has 0 bridgehead atoms. The third-order valence-electron chi connectivity index (χ3n) is 2.67. The van der Waals surface area contributed by atoms with Crippen LogP contribution in [-0.4, -0.2) is 28.2 Å². The highest BCUT2D eigenvalue weighted by Gasteiger charge is 2.27. The van der Waals surface area contributed by atoms with Crippen molar-refractivity contribution in [2.24, 2.45) is 0 Å². The first-order valence-electron chi connectivity index (χ1n) is 5.54. The van der Waals surface area contributed by atoms with E-state index in [1.54, 1.807) is 25.2 Å². The molecular formula is C12H12N2O4S. The van der Waals surface area contributed by atoms with E-state index in [9.17, 15) is 9.59 Å². The van der Waals surface area contributed by atoms with Gasteiger partial charge < -0.3 is 14.8 Å². The van der Waals surface area contributed by atoms with Crippen molar-refractivity contribution in [3.05, 3.63) is 24.1 Å². The van der Waals surface area contributed by atoms with Crippen LogP contribution < -0.4 is 5.32 Å². The molecular weight excluding hydrogens is 268 g/mol. The van der Waals surface area contributed by atoms with Crippen molar-refractivity contribution in [1.82, 2.24) is 4.98 Å². The van der Waals surface area contributed by atoms with Crippen molar-refractivity contribution in [3.8, 4) is 0 Å². The number of aliphatic carboxylic acids is 1. The van der Waals surface area contributed by atoms with E-state index >= 15 is 0 Å². The standard InChI is InChI=1S/C12H12N2O4S/c1-13-6-2-3-8-9(4-6)18-11(14-8)7(12(16)17)5-10(15)19/h2-4,7,13H,5H2,1H3,(H,15,19)(H,16,17). The number of carboxylic acids is 1. The summed E-state index contributed by atoms with van der Waals surface area (Å²) in [5, 5.41) is 11.5. The second-order valence-electron chi connectivity index (χ2n) is 3.97. The number of oxazole rings is 1. The molecule has 7 heteroatoms. The summed E-state index contributed by atoms with van der Waals surface area (Å²) < 4.78 is 5.42. The minimum Gasteiger partial charge on any atom is -0.481 e. The maximum Gasteiger partial charge on any atom is 0.316 e. The summed E-state index contributed by atoms with van der Waals surface area (Å²) in [5.74, 6) is -2.27. The van der Waals surface area contributed by atoms with Crippen molar-refractivity contribution in [1.29, 1.82) is 0 Å². The second-order valence-corrected chi connectivity index (χ2v) is 4.47. The normalized spacial score (nSPS) is 12.3. The smallest absolute Gasteiger partial charge is 0.316 e. The minimum atomic E-state index is -1.16. The molecule has 2 rings (SSSR count). The number of fused-ring (bicyclic) bond motifs is 1. The first-order valence-corrected chi connectivity index (χ1v) is 5.99. The van der Waals surface area contributed by atoms with Crippen LogP contribution in [0.4, 0.5) is 5.69 Å². The predicted molar refractivity (Wildman–Crippen MR) is 72.5 cm³/mol. The molecule has 0 spiro atoms. The number of anilines is 1. The van der Waals surface area contributed by atoms with E-state index in [1.807, 2.05) is 0 Å². The summed E-state index contributed by atoms with van der Waals surface area (Å²) in [5.41, 5.74) is 1.85. The van der Waals surface area contributed by atoms with Crippen LogP contribution in [0.2, 0.25) is 0 Å². The van der Waals surface area contributed by atoms with Gasteiger partial charge >= 0.3 is 5.97 Å². The first kappa shape index (κ1) is 13.4. The second kappa shape index (κ2) is 5.31. The number of nitrogens with one attached hydrogen (secondary N) is 1. The van der Waals surface area contributed by atoms with Gasteiger partial charge in [-0.25, -0.2) is 4.98 Å². The van der Waals surface area contributed by atoms with Crippen LogP contribution in [0.5, 0.6) is 0 Å². The summed E-state index contributed by atoms with van der Waals surface area (Å²) in [6.07, 6.45) is -0.260. The Labute approximate surface area is 114 Å². The molecule has 100 valence electrons. The van der Waals surface area contributed by atoms with E-state index in [-0.39, 0.29) is 12.3 Å². The molecule has 2 aromatic rings. The Balaban J connectivity index is 2.42. The zero-order chi connectivity index (χ0) is 14.0. The van der Waals surface area contributed by atoms with E-state index < -0.39 is 17.0 Å². The van der Waals surface area contributed by atoms with Gasteiger partial charge in [0.2, 0.25) is 5.89 Å². The molecule has 1 aromatic heterocycles. The topological polar surface area (TPSA) is 92.4 Å². The predicted octanol–water partition coefficient (Wildman–Crippen LogP) is 1.88. The molecule has 0 aliphatic heterocycles. The summed E-state index contributed by atoms with van der Waals surface area (Å²) in [6.45, 7) is 0. The molecule has 1 unspecified atom stereocenters. The zero-order valence-electron chi connectivity index (χ0n) is 10.1. The Morgan fingerprint density at radius 2 is 2.26 bits per heavy atom. The number of hydrogen-bond donors (Lipinski definition) is 3. The van der Waals surface area contributed by atoms with Crippen molar-refractivity contribution in [2.45, 2.75) is 12.3 Å². The van der Waals surface area contributed by atoms with Crippen LogP contribution in [-0.2, 0) is 9.59 Å². The lowest BCUT2D eigenvalue weighted by Crippen LogP contribution is -2.14. The van der Waals surface area contributed by atoms with Gasteiger partial charge in [-0.15, -0.1) is 12.6 Å². The molecule has 6 nitrogen and oxygen atoms in total. The number of nitrogens with zero attached hydrogens (tertiary/aromatic N) is 1. The number of benzene rings is 1. The third-order valence-corrected chi connectivity index (χ3v) is 2.85. The van der Waals surface area contributed by atoms with Crippen LogP contribution in [0, 0.1) is 0 Å². The van der Waals surface area contributed by atoms with Crippen molar-refractivity contribution < 1.29 is 19.1 Å². The fourth-order valence-corrected chi connectivity index (χ4v) is 1.88. The van der Waals surface area contributed by atoms with Crippen LogP contribution in [0.1, 0.15) is 18.2 Å². The van der Waals surface area contributed by atoms with Gasteiger partial charge in [-0.3, -0.25) is 9.59 Å². The molecule has 0 radical (unpaired) electrons. The Morgan fingerprint density at radius 3 is 2.84 bits per heavy atom. The van der Waals surface area contributed by atoms with Gasteiger partial charge in [0, 0.05) is 25.2 Å². The molecule has 0 saturated heterocycles. The van der Waals surface area contributed by atoms with E-state index in [0.717, 1.165) is 5.69 Å². The summed E-state index contributed by atoms with van der Waals surface area (Å²) in [4.78, 5) is 26.2. The maximum atomic E-state index is 11.1. The Hall–Kier alpha value is -2.02. The highest BCUT2D eigenvalue weighted by Crippen LogP contribution is 2.26. The Kier molecular flexibility index (Phi) is 3.75. The van der Waals surface area contributed by atoms with Crippen molar-refractivity contribution in [3.63, 3.8) is 0 Å². The van der Waals surface area contributed by atoms with Gasteiger partial charge in [0.05, 0.1) is 0 Å². The molecule has 0 fully saturated rings. The molecule has 0 amide bonds. The summed E-state index contributed by atoms with van der Waals surface area (Å²) in [7, 11) is 1.76. The highest BCUT2D eigenvalue weighted by atomic mass is 32.1. The van der Waals surface area contributed by atoms with Gasteiger partial charge in [-0.05, 0) is 12.1 Å². The molecule has 1 heterocycles. The molecule has 0 aliphatic rings. The van der Waals surface area contributed by atoms with E-state index in [4.69, 9.17) is 9.52 Å². The van der Waals surface area contributed by atoms with Gasteiger partial charge in [0.15, 0.2) is 10.7 Å². The van der Waals surface area contributed by atoms with Gasteiger partial charge in [-0.1, -0.05) is 0 Å². The number of thiol groups is 1. The fraction of sp³-hybridized carbons (Fsp3) is 0.250. The Bertz CT molecular complexity index is 638. The number of carbonyl (C=O) groups is 2. The minimum absolute atomic E-state index is 0.0122. The highest BCUT2D eigenvalue weighted by molar-refractivity contribution is 7.96. The number of rotatable bonds is 5. The Morgan fingerprint density at radius 1 is 1.53 bits per heavy atom.